The molecule has 1 aromatic carbocycles. The minimum Gasteiger partial charge on any atom is -0.423 e. The second kappa shape index (κ2) is 6.34. The van der Waals surface area contributed by atoms with Crippen LogP contribution in [0.4, 0.5) is 18.9 Å². The quantitative estimate of drug-likeness (QED) is 0.772. The lowest BCUT2D eigenvalue weighted by Gasteiger charge is -2.14. The number of anilines is 1. The van der Waals surface area contributed by atoms with Crippen LogP contribution in [0.3, 0.4) is 0 Å². The van der Waals surface area contributed by atoms with E-state index in [0.29, 0.717) is 23.9 Å². The van der Waals surface area contributed by atoms with E-state index in [9.17, 15) is 13.2 Å². The lowest BCUT2D eigenvalue weighted by Crippen LogP contribution is -2.10. The van der Waals surface area contributed by atoms with Crippen LogP contribution >= 0.6 is 0 Å². The first kappa shape index (κ1) is 16.0. The highest BCUT2D eigenvalue weighted by Crippen LogP contribution is 2.33. The maximum absolute atomic E-state index is 13.0. The van der Waals surface area contributed by atoms with Gasteiger partial charge in [0.1, 0.15) is 0 Å². The highest BCUT2D eigenvalue weighted by atomic mass is 19.4. The van der Waals surface area contributed by atoms with Crippen LogP contribution in [0.5, 0.6) is 0 Å². The molecular formula is C15H14F3N5O. The molecule has 0 radical (unpaired) electrons. The number of aryl methyl sites for hydroxylation is 1. The molecule has 24 heavy (non-hydrogen) atoms. The topological polar surface area (TPSA) is 68.8 Å². The summed E-state index contributed by atoms with van der Waals surface area (Å²) in [6, 6.07) is 5.11. The van der Waals surface area contributed by atoms with Crippen molar-refractivity contribution in [2.75, 3.05) is 5.32 Å². The van der Waals surface area contributed by atoms with Crippen molar-refractivity contribution in [3.05, 3.63) is 54.0 Å². The largest absolute Gasteiger partial charge is 0.423 e. The highest BCUT2D eigenvalue weighted by Gasteiger charge is 2.31. The number of hydrogen-bond acceptors (Lipinski definition) is 5. The number of nitrogens with zero attached hydrogens (tertiary/aromatic N) is 4. The number of halogens is 3. The Balaban J connectivity index is 1.90. The van der Waals surface area contributed by atoms with Gasteiger partial charge < -0.3 is 9.73 Å². The molecule has 0 spiro atoms. The minimum atomic E-state index is -4.43. The number of benzene rings is 1. The van der Waals surface area contributed by atoms with Crippen LogP contribution in [0.1, 0.15) is 24.3 Å². The minimum absolute atomic E-state index is 0.114. The Morgan fingerprint density at radius 3 is 2.62 bits per heavy atom. The van der Waals surface area contributed by atoms with E-state index < -0.39 is 11.7 Å². The fraction of sp³-hybridized carbons (Fsp3) is 0.267. The summed E-state index contributed by atoms with van der Waals surface area (Å²) >= 11 is 0. The maximum atomic E-state index is 13.0. The molecule has 2 heterocycles. The van der Waals surface area contributed by atoms with E-state index in [1.54, 1.807) is 18.5 Å². The fourth-order valence-electron chi connectivity index (χ4n) is 2.14. The average Bonchev–Trinajstić information content (AvgIpc) is 3.23. The number of rotatable bonds is 5. The predicted octanol–water partition coefficient (Wildman–Crippen LogP) is 3.45. The van der Waals surface area contributed by atoms with Crippen molar-refractivity contribution in [1.82, 2.24) is 20.0 Å². The van der Waals surface area contributed by atoms with Gasteiger partial charge >= 0.3 is 6.18 Å². The molecule has 0 fully saturated rings. The van der Waals surface area contributed by atoms with Crippen molar-refractivity contribution in [3.63, 3.8) is 0 Å². The zero-order chi connectivity index (χ0) is 17.2. The van der Waals surface area contributed by atoms with Gasteiger partial charge in [-0.15, -0.1) is 10.2 Å². The van der Waals surface area contributed by atoms with Gasteiger partial charge in [0.25, 0.3) is 0 Å². The van der Waals surface area contributed by atoms with Gasteiger partial charge in [-0.2, -0.15) is 18.3 Å². The van der Waals surface area contributed by atoms with Gasteiger partial charge in [-0.05, 0) is 24.3 Å². The highest BCUT2D eigenvalue weighted by molar-refractivity contribution is 5.62. The third-order valence-corrected chi connectivity index (χ3v) is 3.32. The van der Waals surface area contributed by atoms with Crippen LogP contribution in [-0.2, 0) is 19.1 Å². The van der Waals surface area contributed by atoms with Gasteiger partial charge in [-0.25, -0.2) is 4.68 Å². The molecule has 0 saturated carbocycles. The zero-order valence-electron chi connectivity index (χ0n) is 12.7. The average molecular weight is 337 g/mol. The molecule has 1 N–H and O–H groups in total. The molecule has 0 aliphatic rings. The van der Waals surface area contributed by atoms with Crippen LogP contribution in [0.15, 0.2) is 41.1 Å². The van der Waals surface area contributed by atoms with E-state index in [0.717, 1.165) is 12.1 Å². The van der Waals surface area contributed by atoms with Crippen molar-refractivity contribution in [1.29, 1.82) is 0 Å². The Kier molecular flexibility index (Phi) is 4.24. The molecular weight excluding hydrogens is 323 g/mol. The lowest BCUT2D eigenvalue weighted by molar-refractivity contribution is -0.137. The summed E-state index contributed by atoms with van der Waals surface area (Å²) < 4.78 is 45.7. The third-order valence-electron chi connectivity index (χ3n) is 3.32. The number of hydrogen-bond donors (Lipinski definition) is 1. The predicted molar refractivity (Wildman–Crippen MR) is 79.6 cm³/mol. The van der Waals surface area contributed by atoms with Gasteiger partial charge in [0.15, 0.2) is 0 Å². The lowest BCUT2D eigenvalue weighted by atomic mass is 10.1. The Morgan fingerprint density at radius 1 is 1.21 bits per heavy atom. The van der Waals surface area contributed by atoms with Gasteiger partial charge in [0.05, 0.1) is 23.5 Å². The maximum Gasteiger partial charge on any atom is 0.416 e. The SMILES string of the molecule is CCc1nnc(CNc2cc(C(F)(F)F)ccc2-n2cccn2)o1. The molecule has 0 atom stereocenters. The summed E-state index contributed by atoms with van der Waals surface area (Å²) in [6.45, 7) is 1.98. The second-order valence-corrected chi connectivity index (χ2v) is 4.98. The van der Waals surface area contributed by atoms with Gasteiger partial charge in [0.2, 0.25) is 11.8 Å². The van der Waals surface area contributed by atoms with Crippen LogP contribution in [0.25, 0.3) is 5.69 Å². The smallest absolute Gasteiger partial charge is 0.416 e. The summed E-state index contributed by atoms with van der Waals surface area (Å²) in [5.74, 6) is 0.777. The van der Waals surface area contributed by atoms with Gasteiger partial charge in [0, 0.05) is 18.8 Å². The molecule has 0 aliphatic carbocycles. The molecule has 0 aliphatic heterocycles. The molecule has 0 bridgehead atoms. The molecule has 0 unspecified atom stereocenters. The summed E-state index contributed by atoms with van der Waals surface area (Å²) in [5, 5.41) is 14.6. The first-order valence-corrected chi connectivity index (χ1v) is 7.23. The Labute approximate surface area is 135 Å². The Bertz CT molecular complexity index is 811. The third kappa shape index (κ3) is 3.39. The second-order valence-electron chi connectivity index (χ2n) is 4.98. The molecule has 0 amide bonds. The normalized spacial score (nSPS) is 11.7. The van der Waals surface area contributed by atoms with E-state index in [1.807, 2.05) is 6.92 Å². The van der Waals surface area contributed by atoms with Crippen molar-refractivity contribution in [3.8, 4) is 5.69 Å². The Morgan fingerprint density at radius 2 is 2.00 bits per heavy atom. The molecule has 9 heteroatoms. The summed E-state index contributed by atoms with van der Waals surface area (Å²) in [6.07, 6.45) is -0.642. The van der Waals surface area contributed by atoms with E-state index in [4.69, 9.17) is 4.42 Å². The van der Waals surface area contributed by atoms with Crippen molar-refractivity contribution in [2.45, 2.75) is 26.1 Å². The number of alkyl halides is 3. The molecule has 126 valence electrons. The van der Waals surface area contributed by atoms with Crippen LogP contribution in [0, 0.1) is 0 Å². The summed E-state index contributed by atoms with van der Waals surface area (Å²) in [4.78, 5) is 0. The van der Waals surface area contributed by atoms with E-state index in [2.05, 4.69) is 20.6 Å². The summed E-state index contributed by atoms with van der Waals surface area (Å²) in [5.41, 5.74) is 0.00804. The van der Waals surface area contributed by atoms with E-state index >= 15 is 0 Å². The first-order chi connectivity index (χ1) is 11.5. The van der Waals surface area contributed by atoms with Crippen molar-refractivity contribution < 1.29 is 17.6 Å². The molecule has 0 saturated heterocycles. The monoisotopic (exact) mass is 337 g/mol. The van der Waals surface area contributed by atoms with Crippen LogP contribution in [-0.4, -0.2) is 20.0 Å². The van der Waals surface area contributed by atoms with Crippen LogP contribution in [0.2, 0.25) is 0 Å². The van der Waals surface area contributed by atoms with Crippen molar-refractivity contribution in [2.24, 2.45) is 0 Å². The first-order valence-electron chi connectivity index (χ1n) is 7.23. The number of aromatic nitrogens is 4. The van der Waals surface area contributed by atoms with Crippen LogP contribution < -0.4 is 5.32 Å². The van der Waals surface area contributed by atoms with E-state index in [1.165, 1.54) is 10.7 Å². The van der Waals surface area contributed by atoms with E-state index in [-0.39, 0.29) is 12.2 Å². The molecule has 3 rings (SSSR count). The molecule has 3 aromatic rings. The molecule has 2 aromatic heterocycles. The molecule has 6 nitrogen and oxygen atoms in total. The standard InChI is InChI=1S/C15H14F3N5O/c1-2-13-21-22-14(24-13)9-19-11-8-10(15(16,17)18)4-5-12(11)23-7-3-6-20-23/h3-8,19H,2,9H2,1H3. The number of nitrogens with one attached hydrogen (secondary N) is 1. The fourth-order valence-corrected chi connectivity index (χ4v) is 2.14. The van der Waals surface area contributed by atoms with Crippen molar-refractivity contribution >= 4 is 5.69 Å². The Hall–Kier alpha value is -2.84. The van der Waals surface area contributed by atoms with Gasteiger partial charge in [-0.1, -0.05) is 6.92 Å². The van der Waals surface area contributed by atoms with Gasteiger partial charge in [-0.3, -0.25) is 0 Å². The summed E-state index contributed by atoms with van der Waals surface area (Å²) in [7, 11) is 0. The zero-order valence-corrected chi connectivity index (χ0v) is 12.7.